The molecule has 7 nitrogen and oxygen atoms in total. The van der Waals surface area contributed by atoms with Crippen LogP contribution in [0.15, 0.2) is 60.8 Å². The van der Waals surface area contributed by atoms with E-state index in [9.17, 15) is 4.79 Å². The quantitative estimate of drug-likeness (QED) is 0.353. The summed E-state index contributed by atoms with van der Waals surface area (Å²) in [4.78, 5) is 13.2. The van der Waals surface area contributed by atoms with Crippen molar-refractivity contribution < 1.29 is 10.0 Å². The zero-order valence-corrected chi connectivity index (χ0v) is 17.1. The molecule has 0 unspecified atom stereocenters. The summed E-state index contributed by atoms with van der Waals surface area (Å²) in [6.45, 7) is 1.47. The number of hydrogen-bond donors (Lipinski definition) is 2. The van der Waals surface area contributed by atoms with Gasteiger partial charge >= 0.3 is 0 Å². The number of hydrogen-bond acceptors (Lipinski definition) is 5. The molecule has 29 heavy (non-hydrogen) atoms. The number of carbonyl (C=O) groups excluding carboxylic acids is 1. The molecule has 0 aliphatic carbocycles. The fourth-order valence-electron chi connectivity index (χ4n) is 2.85. The van der Waals surface area contributed by atoms with Gasteiger partial charge in [-0.3, -0.25) is 10.0 Å². The van der Waals surface area contributed by atoms with Crippen LogP contribution < -0.4 is 5.48 Å². The van der Waals surface area contributed by atoms with E-state index < -0.39 is 5.91 Å². The Bertz CT molecular complexity index is 967. The van der Waals surface area contributed by atoms with E-state index >= 15 is 0 Å². The zero-order chi connectivity index (χ0) is 19.9. The van der Waals surface area contributed by atoms with Gasteiger partial charge in [0.1, 0.15) is 5.69 Å². The lowest BCUT2D eigenvalue weighted by Crippen LogP contribution is -2.14. The highest BCUT2D eigenvalue weighted by Gasteiger charge is 2.05. The Balaban J connectivity index is 0.00000300. The second-order valence-electron chi connectivity index (χ2n) is 6.79. The molecule has 0 spiro atoms. The molecule has 1 aromatic heterocycles. The lowest BCUT2D eigenvalue weighted by atomic mass is 10.1. The highest BCUT2D eigenvalue weighted by atomic mass is 35.5. The van der Waals surface area contributed by atoms with Gasteiger partial charge in [-0.1, -0.05) is 47.7 Å². The number of amides is 1. The van der Waals surface area contributed by atoms with Gasteiger partial charge in [-0.25, -0.2) is 10.2 Å². The number of hydroxylamine groups is 1. The molecule has 2 N–H and O–H groups in total. The Morgan fingerprint density at radius 2 is 1.93 bits per heavy atom. The summed E-state index contributed by atoms with van der Waals surface area (Å²) >= 11 is 0. The molecule has 0 saturated heterocycles. The summed E-state index contributed by atoms with van der Waals surface area (Å²) in [5.41, 5.74) is 6.57. The number of nitrogens with zero attached hydrogens (tertiary/aromatic N) is 4. The first-order valence-corrected chi connectivity index (χ1v) is 8.89. The SMILES string of the molecule is CN(C)Cc1ccc(-c2cn(Cc3cccc(C=CC(=O)NO)c3)nn2)cc1.Cl. The van der Waals surface area contributed by atoms with E-state index in [0.29, 0.717) is 6.54 Å². The predicted octanol–water partition coefficient (Wildman–Crippen LogP) is 3.00. The summed E-state index contributed by atoms with van der Waals surface area (Å²) in [5.74, 6) is -0.567. The van der Waals surface area contributed by atoms with Gasteiger partial charge in [-0.2, -0.15) is 0 Å². The molecule has 1 heterocycles. The van der Waals surface area contributed by atoms with E-state index in [1.807, 2.05) is 44.6 Å². The molecule has 0 fully saturated rings. The van der Waals surface area contributed by atoms with Gasteiger partial charge in [-0.05, 0) is 42.9 Å². The number of nitrogens with one attached hydrogen (secondary N) is 1. The second kappa shape index (κ2) is 10.5. The van der Waals surface area contributed by atoms with E-state index in [0.717, 1.165) is 28.9 Å². The number of benzene rings is 2. The first kappa shape index (κ1) is 22.3. The second-order valence-corrected chi connectivity index (χ2v) is 6.79. The topological polar surface area (TPSA) is 83.3 Å². The van der Waals surface area contributed by atoms with E-state index in [2.05, 4.69) is 39.5 Å². The summed E-state index contributed by atoms with van der Waals surface area (Å²) < 4.78 is 1.78. The minimum Gasteiger partial charge on any atom is -0.305 e. The van der Waals surface area contributed by atoms with Crippen LogP contribution in [0.2, 0.25) is 0 Å². The summed E-state index contributed by atoms with van der Waals surface area (Å²) in [5, 5.41) is 17.0. The first-order chi connectivity index (χ1) is 13.5. The van der Waals surface area contributed by atoms with Gasteiger partial charge in [0.25, 0.3) is 5.91 Å². The molecule has 0 aliphatic heterocycles. The van der Waals surface area contributed by atoms with Crippen LogP contribution in [0.5, 0.6) is 0 Å². The van der Waals surface area contributed by atoms with Crippen molar-refractivity contribution in [2.24, 2.45) is 0 Å². The third-order valence-electron chi connectivity index (χ3n) is 4.12. The molecule has 0 atom stereocenters. The lowest BCUT2D eigenvalue weighted by molar-refractivity contribution is -0.124. The largest absolute Gasteiger partial charge is 0.305 e. The van der Waals surface area contributed by atoms with Crippen molar-refractivity contribution in [1.82, 2.24) is 25.4 Å². The van der Waals surface area contributed by atoms with Crippen molar-refractivity contribution >= 4 is 24.4 Å². The number of rotatable bonds is 7. The molecule has 152 valence electrons. The molecule has 2 aromatic carbocycles. The van der Waals surface area contributed by atoms with Crippen molar-refractivity contribution in [2.45, 2.75) is 13.1 Å². The maximum atomic E-state index is 11.1. The van der Waals surface area contributed by atoms with E-state index in [4.69, 9.17) is 5.21 Å². The zero-order valence-electron chi connectivity index (χ0n) is 16.3. The normalized spacial score (nSPS) is 10.9. The predicted molar refractivity (Wildman–Crippen MR) is 115 cm³/mol. The molecule has 0 saturated carbocycles. The standard InChI is InChI=1S/C21H23N5O2.ClH/c1-25(2)13-17-6-9-19(10-7-17)20-15-26(24-22-20)14-18-5-3-4-16(12-18)8-11-21(27)23-28;/h3-12,15,28H,13-14H2,1-2H3,(H,23,27);1H. The average Bonchev–Trinajstić information content (AvgIpc) is 3.15. The summed E-state index contributed by atoms with van der Waals surface area (Å²) in [6.07, 6.45) is 4.83. The Morgan fingerprint density at radius 3 is 2.62 bits per heavy atom. The summed E-state index contributed by atoms with van der Waals surface area (Å²) in [7, 11) is 4.09. The number of aromatic nitrogens is 3. The maximum Gasteiger partial charge on any atom is 0.267 e. The van der Waals surface area contributed by atoms with Crippen LogP contribution in [0.3, 0.4) is 0 Å². The first-order valence-electron chi connectivity index (χ1n) is 8.89. The monoisotopic (exact) mass is 413 g/mol. The molecule has 1 amide bonds. The molecular formula is C21H24ClN5O2. The van der Waals surface area contributed by atoms with E-state index in [1.165, 1.54) is 11.6 Å². The van der Waals surface area contributed by atoms with Gasteiger partial charge < -0.3 is 4.90 Å². The van der Waals surface area contributed by atoms with Gasteiger partial charge in [0, 0.05) is 18.2 Å². The van der Waals surface area contributed by atoms with Crippen molar-refractivity contribution in [2.75, 3.05) is 14.1 Å². The minimum atomic E-state index is -0.567. The number of halogens is 1. The smallest absolute Gasteiger partial charge is 0.267 e. The Morgan fingerprint density at radius 1 is 1.17 bits per heavy atom. The lowest BCUT2D eigenvalue weighted by Gasteiger charge is -2.09. The van der Waals surface area contributed by atoms with Crippen molar-refractivity contribution in [3.05, 3.63) is 77.5 Å². The van der Waals surface area contributed by atoms with Crippen LogP contribution >= 0.6 is 12.4 Å². The number of carbonyl (C=O) groups is 1. The molecule has 0 radical (unpaired) electrons. The molecule has 3 rings (SSSR count). The fourth-order valence-corrected chi connectivity index (χ4v) is 2.85. The Labute approximate surface area is 176 Å². The Kier molecular flexibility index (Phi) is 8.09. The highest BCUT2D eigenvalue weighted by molar-refractivity contribution is 5.90. The van der Waals surface area contributed by atoms with Gasteiger partial charge in [0.2, 0.25) is 0 Å². The van der Waals surface area contributed by atoms with Crippen LogP contribution in [-0.2, 0) is 17.9 Å². The van der Waals surface area contributed by atoms with Crippen LogP contribution in [-0.4, -0.2) is 45.1 Å². The van der Waals surface area contributed by atoms with E-state index in [1.54, 1.807) is 16.2 Å². The molecule has 0 bridgehead atoms. The van der Waals surface area contributed by atoms with Crippen molar-refractivity contribution in [3.63, 3.8) is 0 Å². The third kappa shape index (κ3) is 6.53. The van der Waals surface area contributed by atoms with Gasteiger partial charge in [-0.15, -0.1) is 17.5 Å². The van der Waals surface area contributed by atoms with Crippen molar-refractivity contribution in [3.8, 4) is 11.3 Å². The van der Waals surface area contributed by atoms with E-state index in [-0.39, 0.29) is 12.4 Å². The highest BCUT2D eigenvalue weighted by Crippen LogP contribution is 2.18. The third-order valence-corrected chi connectivity index (χ3v) is 4.12. The van der Waals surface area contributed by atoms with Crippen molar-refractivity contribution in [1.29, 1.82) is 0 Å². The summed E-state index contributed by atoms with van der Waals surface area (Å²) in [6, 6.07) is 16.1. The van der Waals surface area contributed by atoms with Crippen LogP contribution in [0.1, 0.15) is 16.7 Å². The maximum absolute atomic E-state index is 11.1. The van der Waals surface area contributed by atoms with Crippen LogP contribution in [0.25, 0.3) is 17.3 Å². The average molecular weight is 414 g/mol. The molecular weight excluding hydrogens is 390 g/mol. The fraction of sp³-hybridized carbons (Fsp3) is 0.190. The Hall–Kier alpha value is -3.00. The molecule has 3 aromatic rings. The van der Waals surface area contributed by atoms with Gasteiger partial charge in [0.15, 0.2) is 0 Å². The minimum absolute atomic E-state index is 0. The van der Waals surface area contributed by atoms with Crippen LogP contribution in [0, 0.1) is 0 Å². The molecule has 8 heteroatoms. The molecule has 0 aliphatic rings. The van der Waals surface area contributed by atoms with Gasteiger partial charge in [0.05, 0.1) is 12.7 Å². The van der Waals surface area contributed by atoms with Crippen LogP contribution in [0.4, 0.5) is 0 Å².